The number of nitrogen functional groups attached to an aromatic ring is 1. The molecule has 110 valence electrons. The lowest BCUT2D eigenvalue weighted by Crippen LogP contribution is -2.30. The van der Waals surface area contributed by atoms with Gasteiger partial charge < -0.3 is 10.6 Å². The van der Waals surface area contributed by atoms with Crippen LogP contribution in [0, 0.1) is 0 Å². The van der Waals surface area contributed by atoms with Gasteiger partial charge in [0.05, 0.1) is 21.8 Å². The molecule has 0 aliphatic carbocycles. The lowest BCUT2D eigenvalue weighted by Gasteiger charge is -2.25. The van der Waals surface area contributed by atoms with Crippen molar-refractivity contribution < 1.29 is 4.79 Å². The van der Waals surface area contributed by atoms with Crippen molar-refractivity contribution in [1.29, 1.82) is 0 Å². The summed E-state index contributed by atoms with van der Waals surface area (Å²) >= 11 is 13.4. The van der Waals surface area contributed by atoms with Gasteiger partial charge in [-0.05, 0) is 42.0 Å². The maximum Gasteiger partial charge on any atom is 0.266 e. The van der Waals surface area contributed by atoms with E-state index in [1.54, 1.807) is 12.1 Å². The maximum atomic E-state index is 12.7. The first-order valence-corrected chi connectivity index (χ1v) is 8.30. The number of carbonyl (C=O) groups is 1. The quantitative estimate of drug-likeness (QED) is 0.867. The lowest BCUT2D eigenvalue weighted by molar-refractivity contribution is 0.0741. The topological polar surface area (TPSA) is 46.3 Å². The molecule has 1 amide bonds. The van der Waals surface area contributed by atoms with Crippen molar-refractivity contribution in [2.24, 2.45) is 0 Å². The van der Waals surface area contributed by atoms with Crippen LogP contribution in [0.1, 0.15) is 34.1 Å². The highest BCUT2D eigenvalue weighted by molar-refractivity contribution is 7.12. The van der Waals surface area contributed by atoms with Crippen molar-refractivity contribution >= 4 is 46.1 Å². The van der Waals surface area contributed by atoms with Gasteiger partial charge in [0.2, 0.25) is 0 Å². The fourth-order valence-electron chi connectivity index (χ4n) is 2.70. The van der Waals surface area contributed by atoms with Crippen molar-refractivity contribution in [3.63, 3.8) is 0 Å². The number of rotatable bonds is 2. The Balaban J connectivity index is 1.90. The summed E-state index contributed by atoms with van der Waals surface area (Å²) in [6, 6.07) is 7.36. The third kappa shape index (κ3) is 2.76. The van der Waals surface area contributed by atoms with Crippen LogP contribution in [0.25, 0.3) is 0 Å². The molecule has 21 heavy (non-hydrogen) atoms. The SMILES string of the molecule is Nc1ccsc1C(=O)N1CCCC1c1ccc(Cl)c(Cl)c1. The van der Waals surface area contributed by atoms with E-state index in [0.29, 0.717) is 20.6 Å². The minimum atomic E-state index is -0.00364. The molecule has 6 heteroatoms. The fourth-order valence-corrected chi connectivity index (χ4v) is 3.78. The van der Waals surface area contributed by atoms with Crippen LogP contribution >= 0.6 is 34.5 Å². The normalized spacial score (nSPS) is 18.2. The highest BCUT2D eigenvalue weighted by atomic mass is 35.5. The predicted octanol–water partition coefficient (Wildman–Crippen LogP) is 4.61. The molecule has 1 unspecified atom stereocenters. The van der Waals surface area contributed by atoms with Crippen molar-refractivity contribution in [1.82, 2.24) is 4.90 Å². The van der Waals surface area contributed by atoms with Gasteiger partial charge in [0.15, 0.2) is 0 Å². The number of hydrogen-bond acceptors (Lipinski definition) is 3. The van der Waals surface area contributed by atoms with Crippen LogP contribution in [0.3, 0.4) is 0 Å². The molecule has 2 heterocycles. The Kier molecular flexibility index (Phi) is 4.11. The number of halogens is 2. The van der Waals surface area contributed by atoms with Crippen molar-refractivity contribution in [3.05, 3.63) is 50.1 Å². The molecule has 1 saturated heterocycles. The number of anilines is 1. The van der Waals surface area contributed by atoms with E-state index in [0.717, 1.165) is 24.9 Å². The fraction of sp³-hybridized carbons (Fsp3) is 0.267. The van der Waals surface area contributed by atoms with Gasteiger partial charge in [0.25, 0.3) is 5.91 Å². The van der Waals surface area contributed by atoms with Gasteiger partial charge in [-0.25, -0.2) is 0 Å². The summed E-state index contributed by atoms with van der Waals surface area (Å²) < 4.78 is 0. The first-order chi connectivity index (χ1) is 10.1. The van der Waals surface area contributed by atoms with E-state index in [2.05, 4.69) is 0 Å². The molecule has 1 fully saturated rings. The average Bonchev–Trinajstić information content (AvgIpc) is 3.10. The van der Waals surface area contributed by atoms with Crippen LogP contribution in [0.4, 0.5) is 5.69 Å². The van der Waals surface area contributed by atoms with Gasteiger partial charge in [-0.1, -0.05) is 29.3 Å². The van der Waals surface area contributed by atoms with Crippen LogP contribution in [-0.4, -0.2) is 17.4 Å². The number of likely N-dealkylation sites (tertiary alicyclic amines) is 1. The molecule has 1 aromatic heterocycles. The second-order valence-corrected chi connectivity index (χ2v) is 6.77. The monoisotopic (exact) mass is 340 g/mol. The zero-order valence-corrected chi connectivity index (χ0v) is 13.5. The smallest absolute Gasteiger partial charge is 0.266 e. The molecular weight excluding hydrogens is 327 g/mol. The molecule has 3 rings (SSSR count). The zero-order valence-electron chi connectivity index (χ0n) is 11.2. The summed E-state index contributed by atoms with van der Waals surface area (Å²) in [7, 11) is 0. The summed E-state index contributed by atoms with van der Waals surface area (Å²) in [5, 5.41) is 2.88. The van der Waals surface area contributed by atoms with Crippen molar-refractivity contribution in [2.45, 2.75) is 18.9 Å². The van der Waals surface area contributed by atoms with Gasteiger partial charge in [-0.2, -0.15) is 0 Å². The molecule has 1 aliphatic heterocycles. The predicted molar refractivity (Wildman–Crippen MR) is 88.2 cm³/mol. The molecular formula is C15H14Cl2N2OS. The summed E-state index contributed by atoms with van der Waals surface area (Å²) in [4.78, 5) is 15.2. The standard InChI is InChI=1S/C15H14Cl2N2OS/c16-10-4-3-9(8-11(10)17)13-2-1-6-19(13)15(20)14-12(18)5-7-21-14/h3-5,7-8,13H,1-2,6,18H2. The second kappa shape index (κ2) is 5.87. The molecule has 0 bridgehead atoms. The van der Waals surface area contributed by atoms with E-state index >= 15 is 0 Å². The van der Waals surface area contributed by atoms with Gasteiger partial charge in [0.1, 0.15) is 4.88 Å². The Hall–Kier alpha value is -1.23. The Morgan fingerprint density at radius 3 is 2.76 bits per heavy atom. The van der Waals surface area contributed by atoms with Crippen LogP contribution in [-0.2, 0) is 0 Å². The molecule has 0 saturated carbocycles. The molecule has 2 aromatic rings. The molecule has 0 radical (unpaired) electrons. The minimum Gasteiger partial charge on any atom is -0.397 e. The maximum absolute atomic E-state index is 12.7. The number of hydrogen-bond donors (Lipinski definition) is 1. The van der Waals surface area contributed by atoms with E-state index < -0.39 is 0 Å². The highest BCUT2D eigenvalue weighted by Crippen LogP contribution is 2.37. The zero-order chi connectivity index (χ0) is 15.0. The van der Waals surface area contributed by atoms with Crippen molar-refractivity contribution in [2.75, 3.05) is 12.3 Å². The third-order valence-electron chi connectivity index (χ3n) is 3.73. The summed E-state index contributed by atoms with van der Waals surface area (Å²) in [6.07, 6.45) is 1.90. The number of nitrogens with two attached hydrogens (primary N) is 1. The van der Waals surface area contributed by atoms with E-state index in [1.807, 2.05) is 22.4 Å². The Labute approximate surface area is 137 Å². The number of amides is 1. The first-order valence-electron chi connectivity index (χ1n) is 6.67. The number of carbonyl (C=O) groups excluding carboxylic acids is 1. The van der Waals surface area contributed by atoms with Gasteiger partial charge in [0, 0.05) is 6.54 Å². The molecule has 1 atom stereocenters. The molecule has 2 N–H and O–H groups in total. The number of thiophene rings is 1. The summed E-state index contributed by atoms with van der Waals surface area (Å²) in [5.41, 5.74) is 7.43. The second-order valence-electron chi connectivity index (χ2n) is 5.04. The van der Waals surface area contributed by atoms with Gasteiger partial charge in [-0.15, -0.1) is 11.3 Å². The Morgan fingerprint density at radius 1 is 1.29 bits per heavy atom. The van der Waals surface area contributed by atoms with Crippen LogP contribution in [0.2, 0.25) is 10.0 Å². The van der Waals surface area contributed by atoms with E-state index in [-0.39, 0.29) is 11.9 Å². The van der Waals surface area contributed by atoms with Crippen LogP contribution < -0.4 is 5.73 Å². The van der Waals surface area contributed by atoms with E-state index in [4.69, 9.17) is 28.9 Å². The Bertz CT molecular complexity index is 686. The summed E-state index contributed by atoms with van der Waals surface area (Å²) in [6.45, 7) is 0.737. The van der Waals surface area contributed by atoms with Gasteiger partial charge >= 0.3 is 0 Å². The summed E-state index contributed by atoms with van der Waals surface area (Å²) in [5.74, 6) is -0.00364. The van der Waals surface area contributed by atoms with Crippen LogP contribution in [0.15, 0.2) is 29.6 Å². The molecule has 1 aliphatic rings. The van der Waals surface area contributed by atoms with Crippen LogP contribution in [0.5, 0.6) is 0 Å². The van der Waals surface area contributed by atoms with E-state index in [1.165, 1.54) is 11.3 Å². The van der Waals surface area contributed by atoms with Gasteiger partial charge in [-0.3, -0.25) is 4.79 Å². The van der Waals surface area contributed by atoms with E-state index in [9.17, 15) is 4.79 Å². The lowest BCUT2D eigenvalue weighted by atomic mass is 10.0. The number of benzene rings is 1. The first kappa shape index (κ1) is 14.7. The Morgan fingerprint density at radius 2 is 2.10 bits per heavy atom. The number of nitrogens with zero attached hydrogens (tertiary/aromatic N) is 1. The molecule has 0 spiro atoms. The average molecular weight is 341 g/mol. The minimum absolute atomic E-state index is 0.00364. The molecule has 1 aromatic carbocycles. The van der Waals surface area contributed by atoms with Crippen molar-refractivity contribution in [3.8, 4) is 0 Å². The highest BCUT2D eigenvalue weighted by Gasteiger charge is 2.32. The molecule has 3 nitrogen and oxygen atoms in total. The largest absolute Gasteiger partial charge is 0.397 e. The third-order valence-corrected chi connectivity index (χ3v) is 5.39.